The highest BCUT2D eigenvalue weighted by Gasteiger charge is 2.34. The van der Waals surface area contributed by atoms with Gasteiger partial charge < -0.3 is 15.2 Å². The van der Waals surface area contributed by atoms with E-state index in [4.69, 9.17) is 15.2 Å². The minimum absolute atomic E-state index is 0.129. The lowest BCUT2D eigenvalue weighted by atomic mass is 9.95. The molecule has 0 amide bonds. The Morgan fingerprint density at radius 1 is 1.42 bits per heavy atom. The van der Waals surface area contributed by atoms with E-state index in [-0.39, 0.29) is 24.0 Å². The largest absolute Gasteiger partial charge is 0.491 e. The fourth-order valence-corrected chi connectivity index (χ4v) is 2.87. The molecule has 1 aromatic rings. The van der Waals surface area contributed by atoms with Crippen molar-refractivity contribution in [2.45, 2.75) is 25.1 Å². The maximum Gasteiger partial charge on any atom is 0.127 e. The smallest absolute Gasteiger partial charge is 0.127 e. The number of halogens is 1. The van der Waals surface area contributed by atoms with Crippen molar-refractivity contribution in [3.63, 3.8) is 0 Å². The van der Waals surface area contributed by atoms with E-state index in [9.17, 15) is 4.39 Å². The van der Waals surface area contributed by atoms with Crippen LogP contribution in [0.25, 0.3) is 0 Å². The van der Waals surface area contributed by atoms with Crippen LogP contribution in [0.5, 0.6) is 5.75 Å². The van der Waals surface area contributed by atoms with Crippen LogP contribution in [0.2, 0.25) is 0 Å². The molecule has 3 unspecified atom stereocenters. The van der Waals surface area contributed by atoms with Gasteiger partial charge in [-0.15, -0.1) is 0 Å². The van der Waals surface area contributed by atoms with Gasteiger partial charge in [-0.1, -0.05) is 6.07 Å². The van der Waals surface area contributed by atoms with Crippen molar-refractivity contribution in [3.05, 3.63) is 29.6 Å². The third-order valence-electron chi connectivity index (χ3n) is 3.90. The number of benzene rings is 1. The molecule has 104 valence electrons. The summed E-state index contributed by atoms with van der Waals surface area (Å²) in [6.07, 6.45) is 0.218. The highest BCUT2D eigenvalue weighted by atomic mass is 19.1. The summed E-state index contributed by atoms with van der Waals surface area (Å²) in [6.45, 7) is 5.01. The second-order valence-corrected chi connectivity index (χ2v) is 5.26. The summed E-state index contributed by atoms with van der Waals surface area (Å²) in [5.41, 5.74) is 7.22. The number of morpholine rings is 1. The Morgan fingerprint density at radius 3 is 3.05 bits per heavy atom. The van der Waals surface area contributed by atoms with Gasteiger partial charge in [-0.05, 0) is 13.0 Å². The van der Waals surface area contributed by atoms with Gasteiger partial charge in [-0.25, -0.2) is 4.39 Å². The van der Waals surface area contributed by atoms with Crippen LogP contribution in [0.4, 0.5) is 4.39 Å². The number of rotatable bonds is 1. The second-order valence-electron chi connectivity index (χ2n) is 5.26. The Kier molecular flexibility index (Phi) is 3.43. The first-order chi connectivity index (χ1) is 9.15. The third kappa shape index (κ3) is 2.45. The molecule has 0 radical (unpaired) electrons. The van der Waals surface area contributed by atoms with E-state index in [2.05, 4.69) is 11.8 Å². The van der Waals surface area contributed by atoms with Gasteiger partial charge in [-0.3, -0.25) is 4.90 Å². The number of hydrogen-bond acceptors (Lipinski definition) is 4. The van der Waals surface area contributed by atoms with Crippen LogP contribution in [-0.4, -0.2) is 43.3 Å². The van der Waals surface area contributed by atoms with Crippen molar-refractivity contribution in [3.8, 4) is 5.75 Å². The highest BCUT2D eigenvalue weighted by Crippen LogP contribution is 2.33. The summed E-state index contributed by atoms with van der Waals surface area (Å²) in [6, 6.07) is 4.56. The molecule has 0 aromatic heterocycles. The van der Waals surface area contributed by atoms with E-state index < -0.39 is 0 Å². The van der Waals surface area contributed by atoms with Crippen LogP contribution in [-0.2, 0) is 4.74 Å². The molecule has 1 fully saturated rings. The van der Waals surface area contributed by atoms with Crippen LogP contribution in [0.3, 0.4) is 0 Å². The Labute approximate surface area is 112 Å². The second kappa shape index (κ2) is 5.07. The molecule has 2 aliphatic heterocycles. The number of nitrogens with two attached hydrogens (primary N) is 1. The van der Waals surface area contributed by atoms with Crippen molar-refractivity contribution < 1.29 is 13.9 Å². The van der Waals surface area contributed by atoms with Crippen molar-refractivity contribution in [2.24, 2.45) is 5.73 Å². The summed E-state index contributed by atoms with van der Waals surface area (Å²) < 4.78 is 24.4. The minimum Gasteiger partial charge on any atom is -0.491 e. The van der Waals surface area contributed by atoms with Crippen molar-refractivity contribution >= 4 is 0 Å². The van der Waals surface area contributed by atoms with E-state index in [0.717, 1.165) is 25.3 Å². The molecule has 0 aliphatic carbocycles. The summed E-state index contributed by atoms with van der Waals surface area (Å²) in [4.78, 5) is 2.31. The van der Waals surface area contributed by atoms with Gasteiger partial charge in [0.15, 0.2) is 0 Å². The lowest BCUT2D eigenvalue weighted by Crippen LogP contribution is -2.54. The minimum atomic E-state index is -0.288. The zero-order chi connectivity index (χ0) is 13.4. The van der Waals surface area contributed by atoms with Crippen LogP contribution in [0.15, 0.2) is 18.2 Å². The van der Waals surface area contributed by atoms with Gasteiger partial charge in [-0.2, -0.15) is 0 Å². The Hall–Kier alpha value is -1.17. The number of nitrogens with zero attached hydrogens (tertiary/aromatic N) is 1. The van der Waals surface area contributed by atoms with E-state index in [1.54, 1.807) is 6.07 Å². The lowest BCUT2D eigenvalue weighted by molar-refractivity contribution is -0.0478. The normalized spacial score (nSPS) is 31.6. The van der Waals surface area contributed by atoms with Gasteiger partial charge in [0.25, 0.3) is 0 Å². The molecule has 4 nitrogen and oxygen atoms in total. The first kappa shape index (κ1) is 12.8. The molecule has 3 atom stereocenters. The summed E-state index contributed by atoms with van der Waals surface area (Å²) in [7, 11) is 0. The molecule has 5 heteroatoms. The first-order valence-corrected chi connectivity index (χ1v) is 6.68. The van der Waals surface area contributed by atoms with Crippen molar-refractivity contribution in [1.29, 1.82) is 0 Å². The maximum absolute atomic E-state index is 13.2. The molecule has 0 spiro atoms. The molecule has 3 rings (SSSR count). The molecule has 0 bridgehead atoms. The zero-order valence-corrected chi connectivity index (χ0v) is 11.0. The Balaban J connectivity index is 1.81. The fourth-order valence-electron chi connectivity index (χ4n) is 2.87. The van der Waals surface area contributed by atoms with E-state index >= 15 is 0 Å². The zero-order valence-electron chi connectivity index (χ0n) is 11.0. The van der Waals surface area contributed by atoms with Gasteiger partial charge in [0.1, 0.15) is 18.2 Å². The van der Waals surface area contributed by atoms with Gasteiger partial charge in [0.05, 0.1) is 24.8 Å². The summed E-state index contributed by atoms with van der Waals surface area (Å²) in [5.74, 6) is 0.287. The first-order valence-electron chi connectivity index (χ1n) is 6.68. The predicted molar refractivity (Wildman–Crippen MR) is 69.6 cm³/mol. The standard InChI is InChI=1S/C14H19FN2O2/c1-9-7-17(4-5-18-9)12-8-19-13-6-10(15)2-3-11(13)14(12)16/h2-3,6,9,12,14H,4-5,7-8,16H2,1H3. The molecule has 1 aromatic carbocycles. The highest BCUT2D eigenvalue weighted by molar-refractivity contribution is 5.39. The summed E-state index contributed by atoms with van der Waals surface area (Å²) in [5, 5.41) is 0. The SMILES string of the molecule is CC1CN(C2COc3cc(F)ccc3C2N)CCO1. The van der Waals surface area contributed by atoms with Crippen LogP contribution in [0.1, 0.15) is 18.5 Å². The molecule has 19 heavy (non-hydrogen) atoms. The van der Waals surface area contributed by atoms with E-state index in [1.165, 1.54) is 12.1 Å². The van der Waals surface area contributed by atoms with Crippen LogP contribution < -0.4 is 10.5 Å². The van der Waals surface area contributed by atoms with Gasteiger partial charge in [0.2, 0.25) is 0 Å². The Morgan fingerprint density at radius 2 is 2.26 bits per heavy atom. The predicted octanol–water partition coefficient (Wildman–Crippen LogP) is 1.31. The molecule has 2 N–H and O–H groups in total. The fraction of sp³-hybridized carbons (Fsp3) is 0.571. The topological polar surface area (TPSA) is 47.7 Å². The molecular formula is C14H19FN2O2. The van der Waals surface area contributed by atoms with E-state index in [1.807, 2.05) is 0 Å². The monoisotopic (exact) mass is 266 g/mol. The molecule has 0 saturated carbocycles. The molecule has 2 heterocycles. The molecule has 2 aliphatic rings. The average molecular weight is 266 g/mol. The Bertz CT molecular complexity index is 469. The van der Waals surface area contributed by atoms with Crippen molar-refractivity contribution in [2.75, 3.05) is 26.3 Å². The van der Waals surface area contributed by atoms with E-state index in [0.29, 0.717) is 12.4 Å². The number of ether oxygens (including phenoxy) is 2. The molecule has 1 saturated heterocycles. The molecular weight excluding hydrogens is 247 g/mol. The van der Waals surface area contributed by atoms with Crippen LogP contribution >= 0.6 is 0 Å². The summed E-state index contributed by atoms with van der Waals surface area (Å²) >= 11 is 0. The van der Waals surface area contributed by atoms with Gasteiger partial charge in [0, 0.05) is 24.7 Å². The van der Waals surface area contributed by atoms with Crippen molar-refractivity contribution in [1.82, 2.24) is 4.90 Å². The average Bonchev–Trinajstić information content (AvgIpc) is 2.39. The number of fused-ring (bicyclic) bond motifs is 1. The van der Waals surface area contributed by atoms with Crippen LogP contribution in [0, 0.1) is 5.82 Å². The third-order valence-corrected chi connectivity index (χ3v) is 3.90. The maximum atomic E-state index is 13.2. The quantitative estimate of drug-likeness (QED) is 0.832. The van der Waals surface area contributed by atoms with Gasteiger partial charge >= 0.3 is 0 Å². The lowest BCUT2D eigenvalue weighted by Gasteiger charge is -2.42. The number of hydrogen-bond donors (Lipinski definition) is 1.